The maximum absolute atomic E-state index is 5.83. The summed E-state index contributed by atoms with van der Waals surface area (Å²) in [7, 11) is 0. The van der Waals surface area contributed by atoms with Crippen molar-refractivity contribution in [1.82, 2.24) is 10.2 Å². The number of hydrogen-bond acceptors (Lipinski definition) is 3. The summed E-state index contributed by atoms with van der Waals surface area (Å²) in [5.41, 5.74) is 0. The smallest absolute Gasteiger partial charge is 0.0593 e. The van der Waals surface area contributed by atoms with Crippen LogP contribution in [0.3, 0.4) is 0 Å². The quantitative estimate of drug-likeness (QED) is 0.741. The van der Waals surface area contributed by atoms with Crippen molar-refractivity contribution in [3.63, 3.8) is 0 Å². The second-order valence-corrected chi connectivity index (χ2v) is 5.79. The van der Waals surface area contributed by atoms with Crippen LogP contribution < -0.4 is 5.32 Å². The van der Waals surface area contributed by atoms with E-state index in [2.05, 4.69) is 17.1 Å². The van der Waals surface area contributed by atoms with Gasteiger partial charge in [-0.05, 0) is 63.7 Å². The van der Waals surface area contributed by atoms with Crippen molar-refractivity contribution in [2.45, 2.75) is 32.6 Å². The number of likely N-dealkylation sites (tertiary alicyclic amines) is 1. The van der Waals surface area contributed by atoms with Crippen LogP contribution in [0.5, 0.6) is 0 Å². The molecule has 3 heteroatoms. The first kappa shape index (κ1) is 13.3. The maximum atomic E-state index is 5.83. The highest BCUT2D eigenvalue weighted by Gasteiger charge is 2.16. The lowest BCUT2D eigenvalue weighted by Crippen LogP contribution is -2.36. The Hall–Kier alpha value is -0.120. The lowest BCUT2D eigenvalue weighted by atomic mass is 9.99. The van der Waals surface area contributed by atoms with Crippen molar-refractivity contribution in [3.8, 4) is 0 Å². The second-order valence-electron chi connectivity index (χ2n) is 5.79. The summed E-state index contributed by atoms with van der Waals surface area (Å²) in [6, 6.07) is 0. The first-order valence-corrected chi connectivity index (χ1v) is 7.35. The Balaban J connectivity index is 1.48. The van der Waals surface area contributed by atoms with Crippen molar-refractivity contribution < 1.29 is 4.74 Å². The van der Waals surface area contributed by atoms with Crippen molar-refractivity contribution in [2.24, 2.45) is 11.8 Å². The van der Waals surface area contributed by atoms with Gasteiger partial charge < -0.3 is 15.0 Å². The normalized spacial score (nSPS) is 25.2. The molecule has 0 bridgehead atoms. The van der Waals surface area contributed by atoms with Crippen LogP contribution in [0, 0.1) is 11.8 Å². The molecule has 0 aromatic heterocycles. The predicted octanol–water partition coefficient (Wildman–Crippen LogP) is 1.73. The van der Waals surface area contributed by atoms with Gasteiger partial charge >= 0.3 is 0 Å². The molecular weight excluding hydrogens is 212 g/mol. The van der Waals surface area contributed by atoms with Gasteiger partial charge in [0.05, 0.1) is 6.61 Å². The van der Waals surface area contributed by atoms with E-state index < -0.39 is 0 Å². The topological polar surface area (TPSA) is 24.5 Å². The monoisotopic (exact) mass is 240 g/mol. The van der Waals surface area contributed by atoms with Gasteiger partial charge in [0, 0.05) is 13.2 Å². The van der Waals surface area contributed by atoms with Gasteiger partial charge in [0.1, 0.15) is 0 Å². The van der Waals surface area contributed by atoms with Crippen LogP contribution in [-0.2, 0) is 4.74 Å². The highest BCUT2D eigenvalue weighted by molar-refractivity contribution is 4.70. The fraction of sp³-hybridized carbons (Fsp3) is 1.00. The summed E-state index contributed by atoms with van der Waals surface area (Å²) in [6.07, 6.45) is 5.32. The molecule has 0 aliphatic carbocycles. The minimum Gasteiger partial charge on any atom is -0.380 e. The summed E-state index contributed by atoms with van der Waals surface area (Å²) in [5, 5.41) is 3.40. The van der Waals surface area contributed by atoms with E-state index in [9.17, 15) is 0 Å². The molecule has 0 aromatic rings. The SMILES string of the molecule is CC1CCN(CCOCC2CCNCC2)CC1. The van der Waals surface area contributed by atoms with E-state index >= 15 is 0 Å². The molecule has 2 saturated heterocycles. The van der Waals surface area contributed by atoms with Gasteiger partial charge in [-0.25, -0.2) is 0 Å². The fourth-order valence-corrected chi connectivity index (χ4v) is 2.78. The third kappa shape index (κ3) is 4.94. The number of nitrogens with one attached hydrogen (secondary N) is 1. The van der Waals surface area contributed by atoms with Crippen LogP contribution in [0.2, 0.25) is 0 Å². The van der Waals surface area contributed by atoms with Gasteiger partial charge in [-0.2, -0.15) is 0 Å². The number of hydrogen-bond donors (Lipinski definition) is 1. The van der Waals surface area contributed by atoms with Gasteiger partial charge in [-0.1, -0.05) is 6.92 Å². The average Bonchev–Trinajstić information content (AvgIpc) is 2.38. The van der Waals surface area contributed by atoms with Gasteiger partial charge in [0.2, 0.25) is 0 Å². The van der Waals surface area contributed by atoms with Crippen LogP contribution in [0.25, 0.3) is 0 Å². The summed E-state index contributed by atoms with van der Waals surface area (Å²) in [4.78, 5) is 2.56. The Labute approximate surface area is 106 Å². The van der Waals surface area contributed by atoms with E-state index in [4.69, 9.17) is 4.74 Å². The summed E-state index contributed by atoms with van der Waals surface area (Å²) in [6.45, 7) is 10.3. The molecule has 100 valence electrons. The van der Waals surface area contributed by atoms with Gasteiger partial charge in [-0.3, -0.25) is 0 Å². The molecule has 0 spiro atoms. The molecule has 0 atom stereocenters. The molecule has 2 aliphatic rings. The minimum atomic E-state index is 0.803. The number of ether oxygens (including phenoxy) is 1. The Morgan fingerprint density at radius 2 is 1.82 bits per heavy atom. The third-order valence-corrected chi connectivity index (χ3v) is 4.24. The number of nitrogens with zero attached hydrogens (tertiary/aromatic N) is 1. The molecule has 2 rings (SSSR count). The molecule has 0 unspecified atom stereocenters. The Kier molecular flexibility index (Phi) is 5.75. The van der Waals surface area contributed by atoms with Crippen LogP contribution >= 0.6 is 0 Å². The maximum Gasteiger partial charge on any atom is 0.0593 e. The summed E-state index contributed by atoms with van der Waals surface area (Å²) >= 11 is 0. The molecule has 0 aromatic carbocycles. The fourth-order valence-electron chi connectivity index (χ4n) is 2.78. The molecule has 0 amide bonds. The van der Waals surface area contributed by atoms with Crippen LogP contribution in [0.1, 0.15) is 32.6 Å². The molecular formula is C14H28N2O. The summed E-state index contributed by atoms with van der Waals surface area (Å²) in [5.74, 6) is 1.74. The number of piperidine rings is 2. The van der Waals surface area contributed by atoms with E-state index in [0.717, 1.165) is 31.6 Å². The largest absolute Gasteiger partial charge is 0.380 e. The van der Waals surface area contributed by atoms with E-state index in [-0.39, 0.29) is 0 Å². The molecule has 2 heterocycles. The first-order chi connectivity index (χ1) is 8.34. The molecule has 1 N–H and O–H groups in total. The van der Waals surface area contributed by atoms with Crippen molar-refractivity contribution >= 4 is 0 Å². The third-order valence-electron chi connectivity index (χ3n) is 4.24. The lowest BCUT2D eigenvalue weighted by Gasteiger charge is -2.30. The van der Waals surface area contributed by atoms with Gasteiger partial charge in [0.25, 0.3) is 0 Å². The first-order valence-electron chi connectivity index (χ1n) is 7.35. The van der Waals surface area contributed by atoms with E-state index in [1.165, 1.54) is 51.9 Å². The highest BCUT2D eigenvalue weighted by atomic mass is 16.5. The van der Waals surface area contributed by atoms with Crippen molar-refractivity contribution in [2.75, 3.05) is 45.9 Å². The van der Waals surface area contributed by atoms with Crippen LogP contribution in [0.4, 0.5) is 0 Å². The highest BCUT2D eigenvalue weighted by Crippen LogP contribution is 2.15. The standard InChI is InChI=1S/C14H28N2O/c1-13-4-8-16(9-5-13)10-11-17-12-14-2-6-15-7-3-14/h13-15H,2-12H2,1H3. The molecule has 0 radical (unpaired) electrons. The predicted molar refractivity (Wildman–Crippen MR) is 71.3 cm³/mol. The average molecular weight is 240 g/mol. The van der Waals surface area contributed by atoms with Gasteiger partial charge in [0.15, 0.2) is 0 Å². The van der Waals surface area contributed by atoms with Crippen molar-refractivity contribution in [1.29, 1.82) is 0 Å². The number of rotatable bonds is 5. The lowest BCUT2D eigenvalue weighted by molar-refractivity contribution is 0.0611. The molecule has 17 heavy (non-hydrogen) atoms. The van der Waals surface area contributed by atoms with Gasteiger partial charge in [-0.15, -0.1) is 0 Å². The molecule has 2 fully saturated rings. The zero-order valence-electron chi connectivity index (χ0n) is 11.3. The van der Waals surface area contributed by atoms with Crippen molar-refractivity contribution in [3.05, 3.63) is 0 Å². The molecule has 2 aliphatic heterocycles. The zero-order chi connectivity index (χ0) is 11.9. The van der Waals surface area contributed by atoms with E-state index in [1.807, 2.05) is 0 Å². The zero-order valence-corrected chi connectivity index (χ0v) is 11.3. The molecule has 3 nitrogen and oxygen atoms in total. The Morgan fingerprint density at radius 3 is 2.53 bits per heavy atom. The summed E-state index contributed by atoms with van der Waals surface area (Å²) < 4.78 is 5.83. The van der Waals surface area contributed by atoms with E-state index in [0.29, 0.717) is 0 Å². The Bertz CT molecular complexity index is 196. The van der Waals surface area contributed by atoms with Crippen LogP contribution in [-0.4, -0.2) is 50.8 Å². The molecule has 0 saturated carbocycles. The Morgan fingerprint density at radius 1 is 1.12 bits per heavy atom. The van der Waals surface area contributed by atoms with E-state index in [1.54, 1.807) is 0 Å². The second kappa shape index (κ2) is 7.34. The minimum absolute atomic E-state index is 0.803. The van der Waals surface area contributed by atoms with Crippen LogP contribution in [0.15, 0.2) is 0 Å².